The van der Waals surface area contributed by atoms with Crippen LogP contribution in [0.2, 0.25) is 0 Å². The zero-order chi connectivity index (χ0) is 13.8. The second-order valence-electron chi connectivity index (χ2n) is 4.65. The summed E-state index contributed by atoms with van der Waals surface area (Å²) in [5.74, 6) is -0.297. The number of hydrogen-bond donors (Lipinski definition) is 1. The lowest BCUT2D eigenvalue weighted by Crippen LogP contribution is -2.30. The summed E-state index contributed by atoms with van der Waals surface area (Å²) in [6.45, 7) is 4.30. The van der Waals surface area contributed by atoms with Gasteiger partial charge in [-0.1, -0.05) is 26.0 Å². The van der Waals surface area contributed by atoms with Gasteiger partial charge in [-0.3, -0.25) is 0 Å². The summed E-state index contributed by atoms with van der Waals surface area (Å²) in [5, 5.41) is 0. The van der Waals surface area contributed by atoms with Crippen molar-refractivity contribution >= 4 is 0 Å². The van der Waals surface area contributed by atoms with Crippen molar-refractivity contribution in [2.24, 2.45) is 11.1 Å². The third-order valence-corrected chi connectivity index (χ3v) is 2.25. The molecule has 0 heterocycles. The van der Waals surface area contributed by atoms with Crippen LogP contribution in [0.4, 0.5) is 13.2 Å². The quantitative estimate of drug-likeness (QED) is 0.888. The summed E-state index contributed by atoms with van der Waals surface area (Å²) in [7, 11) is 0. The van der Waals surface area contributed by atoms with Gasteiger partial charge in [-0.15, -0.1) is 13.2 Å². The van der Waals surface area contributed by atoms with Gasteiger partial charge in [0.05, 0.1) is 6.61 Å². The Morgan fingerprint density at radius 1 is 1.11 bits per heavy atom. The molecule has 102 valence electrons. The SMILES string of the molecule is CC(C)(CN)COc1ccccc1OC(F)(F)F. The molecular formula is C12H16F3NO2. The van der Waals surface area contributed by atoms with E-state index in [-0.39, 0.29) is 23.5 Å². The smallest absolute Gasteiger partial charge is 0.489 e. The van der Waals surface area contributed by atoms with E-state index in [0.717, 1.165) is 0 Å². The second kappa shape index (κ2) is 5.48. The molecule has 0 bridgehead atoms. The molecule has 0 aromatic heterocycles. The fraction of sp³-hybridized carbons (Fsp3) is 0.500. The third kappa shape index (κ3) is 4.83. The van der Waals surface area contributed by atoms with Crippen molar-refractivity contribution in [2.45, 2.75) is 20.2 Å². The summed E-state index contributed by atoms with van der Waals surface area (Å²) >= 11 is 0. The first kappa shape index (κ1) is 14.6. The Balaban J connectivity index is 2.77. The molecule has 0 saturated carbocycles. The van der Waals surface area contributed by atoms with Gasteiger partial charge in [0.25, 0.3) is 0 Å². The lowest BCUT2D eigenvalue weighted by Gasteiger charge is -2.23. The molecule has 6 heteroatoms. The Bertz CT molecular complexity index is 391. The van der Waals surface area contributed by atoms with Crippen molar-refractivity contribution in [3.63, 3.8) is 0 Å². The van der Waals surface area contributed by atoms with Crippen LogP contribution < -0.4 is 15.2 Å². The van der Waals surface area contributed by atoms with Crippen molar-refractivity contribution in [3.05, 3.63) is 24.3 Å². The predicted molar refractivity (Wildman–Crippen MR) is 61.5 cm³/mol. The van der Waals surface area contributed by atoms with E-state index in [4.69, 9.17) is 10.5 Å². The van der Waals surface area contributed by atoms with E-state index in [0.29, 0.717) is 6.54 Å². The molecule has 0 amide bonds. The average Bonchev–Trinajstić information content (AvgIpc) is 2.26. The highest BCUT2D eigenvalue weighted by Crippen LogP contribution is 2.32. The van der Waals surface area contributed by atoms with Gasteiger partial charge in [0.1, 0.15) is 0 Å². The van der Waals surface area contributed by atoms with Gasteiger partial charge in [-0.25, -0.2) is 0 Å². The number of rotatable bonds is 5. The minimum Gasteiger partial charge on any atom is -0.489 e. The molecule has 3 nitrogen and oxygen atoms in total. The van der Waals surface area contributed by atoms with E-state index in [2.05, 4.69) is 4.74 Å². The highest BCUT2D eigenvalue weighted by Gasteiger charge is 2.32. The molecule has 0 aliphatic heterocycles. The lowest BCUT2D eigenvalue weighted by molar-refractivity contribution is -0.275. The summed E-state index contributed by atoms with van der Waals surface area (Å²) in [6, 6.07) is 5.65. The molecule has 0 fully saturated rings. The normalized spacial score (nSPS) is 12.3. The Kier molecular flexibility index (Phi) is 4.45. The third-order valence-electron chi connectivity index (χ3n) is 2.25. The van der Waals surface area contributed by atoms with E-state index >= 15 is 0 Å². The van der Waals surface area contributed by atoms with Crippen molar-refractivity contribution in [1.82, 2.24) is 0 Å². The van der Waals surface area contributed by atoms with Crippen LogP contribution in [0.15, 0.2) is 24.3 Å². The zero-order valence-corrected chi connectivity index (χ0v) is 10.3. The van der Waals surface area contributed by atoms with E-state index in [1.807, 2.05) is 13.8 Å². The molecule has 0 unspecified atom stereocenters. The van der Waals surface area contributed by atoms with Crippen LogP contribution >= 0.6 is 0 Å². The van der Waals surface area contributed by atoms with Crippen LogP contribution in [0.5, 0.6) is 11.5 Å². The van der Waals surface area contributed by atoms with E-state index in [1.54, 1.807) is 6.07 Å². The molecule has 0 aliphatic carbocycles. The first-order valence-corrected chi connectivity index (χ1v) is 5.41. The largest absolute Gasteiger partial charge is 0.573 e. The number of nitrogens with two attached hydrogens (primary N) is 1. The topological polar surface area (TPSA) is 44.5 Å². The highest BCUT2D eigenvalue weighted by atomic mass is 19.4. The van der Waals surface area contributed by atoms with Gasteiger partial charge in [0, 0.05) is 12.0 Å². The molecule has 1 aromatic carbocycles. The summed E-state index contributed by atoms with van der Waals surface area (Å²) < 4.78 is 45.7. The molecule has 0 atom stereocenters. The molecule has 1 rings (SSSR count). The standard InChI is InChI=1S/C12H16F3NO2/c1-11(2,7-16)8-17-9-5-3-4-6-10(9)18-12(13,14)15/h3-6H,7-8,16H2,1-2H3. The fourth-order valence-electron chi connectivity index (χ4n) is 1.11. The summed E-state index contributed by atoms with van der Waals surface area (Å²) in [5.41, 5.74) is 5.20. The molecule has 2 N–H and O–H groups in total. The molecule has 0 aliphatic rings. The van der Waals surface area contributed by atoms with Crippen LogP contribution in [0.3, 0.4) is 0 Å². The zero-order valence-electron chi connectivity index (χ0n) is 10.3. The van der Waals surface area contributed by atoms with Crippen LogP contribution in [-0.4, -0.2) is 19.5 Å². The Morgan fingerprint density at radius 2 is 1.67 bits per heavy atom. The van der Waals surface area contributed by atoms with Crippen molar-refractivity contribution < 1.29 is 22.6 Å². The Labute approximate surface area is 104 Å². The molecule has 0 radical (unpaired) electrons. The van der Waals surface area contributed by atoms with Crippen LogP contribution in [0.1, 0.15) is 13.8 Å². The number of benzene rings is 1. The van der Waals surface area contributed by atoms with Gasteiger partial charge >= 0.3 is 6.36 Å². The van der Waals surface area contributed by atoms with Gasteiger partial charge < -0.3 is 15.2 Å². The maximum Gasteiger partial charge on any atom is 0.573 e. The minimum absolute atomic E-state index is 0.0522. The maximum atomic E-state index is 12.2. The van der Waals surface area contributed by atoms with Gasteiger partial charge in [-0.2, -0.15) is 0 Å². The first-order chi connectivity index (χ1) is 8.23. The monoisotopic (exact) mass is 263 g/mol. The molecule has 0 spiro atoms. The molecule has 0 saturated heterocycles. The number of hydrogen-bond acceptors (Lipinski definition) is 3. The van der Waals surface area contributed by atoms with Crippen molar-refractivity contribution in [2.75, 3.05) is 13.2 Å². The number of para-hydroxylation sites is 2. The summed E-state index contributed by atoms with van der Waals surface area (Å²) in [6.07, 6.45) is -4.73. The maximum absolute atomic E-state index is 12.2. The summed E-state index contributed by atoms with van der Waals surface area (Å²) in [4.78, 5) is 0. The van der Waals surface area contributed by atoms with Gasteiger partial charge in [0.2, 0.25) is 0 Å². The highest BCUT2D eigenvalue weighted by molar-refractivity contribution is 5.39. The minimum atomic E-state index is -4.73. The molecular weight excluding hydrogens is 247 g/mol. The van der Waals surface area contributed by atoms with E-state index < -0.39 is 6.36 Å². The number of halogens is 3. The van der Waals surface area contributed by atoms with Crippen molar-refractivity contribution in [3.8, 4) is 11.5 Å². The molecule has 18 heavy (non-hydrogen) atoms. The van der Waals surface area contributed by atoms with Crippen LogP contribution in [-0.2, 0) is 0 Å². The number of ether oxygens (including phenoxy) is 2. The average molecular weight is 263 g/mol. The second-order valence-corrected chi connectivity index (χ2v) is 4.65. The lowest BCUT2D eigenvalue weighted by atomic mass is 9.95. The Morgan fingerprint density at radius 3 is 2.17 bits per heavy atom. The fourth-order valence-corrected chi connectivity index (χ4v) is 1.11. The number of alkyl halides is 3. The van der Waals surface area contributed by atoms with Gasteiger partial charge in [-0.05, 0) is 12.1 Å². The van der Waals surface area contributed by atoms with Crippen LogP contribution in [0, 0.1) is 5.41 Å². The van der Waals surface area contributed by atoms with E-state index in [9.17, 15) is 13.2 Å². The predicted octanol–water partition coefficient (Wildman–Crippen LogP) is 2.95. The van der Waals surface area contributed by atoms with Crippen LogP contribution in [0.25, 0.3) is 0 Å². The Hall–Kier alpha value is -1.43. The molecule has 1 aromatic rings. The van der Waals surface area contributed by atoms with E-state index in [1.165, 1.54) is 18.2 Å². The van der Waals surface area contributed by atoms with Gasteiger partial charge in [0.15, 0.2) is 11.5 Å². The first-order valence-electron chi connectivity index (χ1n) is 5.41. The van der Waals surface area contributed by atoms with Crippen molar-refractivity contribution in [1.29, 1.82) is 0 Å².